The number of hydrogen-bond acceptors (Lipinski definition) is 7. The molecule has 33 heavy (non-hydrogen) atoms. The van der Waals surface area contributed by atoms with Gasteiger partial charge in [0, 0.05) is 32.7 Å². The highest BCUT2D eigenvalue weighted by Crippen LogP contribution is 2.26. The van der Waals surface area contributed by atoms with E-state index in [0.717, 1.165) is 0 Å². The van der Waals surface area contributed by atoms with E-state index in [1.807, 2.05) is 13.8 Å². The van der Waals surface area contributed by atoms with E-state index in [0.29, 0.717) is 39.3 Å². The molecule has 10 nitrogen and oxygen atoms in total. The fraction of sp³-hybridized carbons (Fsp3) is 0.826. The quantitative estimate of drug-likeness (QED) is 0.444. The summed E-state index contributed by atoms with van der Waals surface area (Å²) in [4.78, 5) is 56.1. The molecule has 188 valence electrons. The first-order valence-electron chi connectivity index (χ1n) is 11.7. The minimum Gasteiger partial charge on any atom is -0.459 e. The summed E-state index contributed by atoms with van der Waals surface area (Å²) in [5.41, 5.74) is -0.702. The second-order valence-corrected chi connectivity index (χ2v) is 9.98. The number of carbonyl (C=O) groups excluding carboxylic acids is 4. The predicted octanol–water partition coefficient (Wildman–Crippen LogP) is 1.52. The van der Waals surface area contributed by atoms with E-state index >= 15 is 0 Å². The Kier molecular flexibility index (Phi) is 9.51. The number of carbonyl (C=O) groups is 4. The molecule has 0 aromatic carbocycles. The summed E-state index contributed by atoms with van der Waals surface area (Å²) >= 11 is 0. The Balaban J connectivity index is 2.31. The number of morpholine rings is 1. The van der Waals surface area contributed by atoms with E-state index in [-0.39, 0.29) is 31.5 Å². The van der Waals surface area contributed by atoms with Crippen molar-refractivity contribution >= 4 is 23.9 Å². The highest BCUT2D eigenvalue weighted by molar-refractivity contribution is 6.32. The molecule has 0 N–H and O–H groups in total. The van der Waals surface area contributed by atoms with Gasteiger partial charge >= 0.3 is 18.0 Å². The van der Waals surface area contributed by atoms with Gasteiger partial charge in [0.05, 0.1) is 31.8 Å². The van der Waals surface area contributed by atoms with Crippen LogP contribution in [-0.4, -0.2) is 103 Å². The van der Waals surface area contributed by atoms with Gasteiger partial charge in [-0.15, -0.1) is 0 Å². The van der Waals surface area contributed by atoms with Crippen molar-refractivity contribution in [3.63, 3.8) is 0 Å². The lowest BCUT2D eigenvalue weighted by Gasteiger charge is -2.43. The summed E-state index contributed by atoms with van der Waals surface area (Å²) < 4.78 is 15.8. The van der Waals surface area contributed by atoms with Crippen molar-refractivity contribution in [2.24, 2.45) is 11.8 Å². The Morgan fingerprint density at radius 3 is 2.24 bits per heavy atom. The molecule has 2 unspecified atom stereocenters. The smallest absolute Gasteiger partial charge is 0.410 e. The largest absolute Gasteiger partial charge is 0.459 e. The number of hydrogen-bond donors (Lipinski definition) is 0. The Morgan fingerprint density at radius 1 is 1.06 bits per heavy atom. The topological polar surface area (TPSA) is 106 Å². The lowest BCUT2D eigenvalue weighted by atomic mass is 9.91. The van der Waals surface area contributed by atoms with Crippen molar-refractivity contribution < 1.29 is 33.4 Å². The number of piperidine rings is 1. The van der Waals surface area contributed by atoms with Gasteiger partial charge in [0.1, 0.15) is 5.60 Å². The molecule has 2 aliphatic heterocycles. The molecule has 2 rings (SSSR count). The normalized spacial score (nSPS) is 21.5. The van der Waals surface area contributed by atoms with Gasteiger partial charge in [-0.2, -0.15) is 0 Å². The summed E-state index contributed by atoms with van der Waals surface area (Å²) in [6.45, 7) is 13.5. The Hall–Kier alpha value is -2.36. The second kappa shape index (κ2) is 11.7. The maximum Gasteiger partial charge on any atom is 0.410 e. The first-order chi connectivity index (χ1) is 15.4. The van der Waals surface area contributed by atoms with Crippen LogP contribution >= 0.6 is 0 Å². The summed E-state index contributed by atoms with van der Waals surface area (Å²) in [6, 6.07) is -0.513. The first-order valence-corrected chi connectivity index (χ1v) is 11.7. The fourth-order valence-corrected chi connectivity index (χ4v) is 4.10. The number of ether oxygens (including phenoxy) is 3. The monoisotopic (exact) mass is 469 g/mol. The van der Waals surface area contributed by atoms with Crippen molar-refractivity contribution in [2.75, 3.05) is 52.5 Å². The van der Waals surface area contributed by atoms with E-state index < -0.39 is 35.5 Å². The zero-order valence-electron chi connectivity index (χ0n) is 20.8. The Labute approximate surface area is 196 Å². The van der Waals surface area contributed by atoms with E-state index in [4.69, 9.17) is 14.2 Å². The van der Waals surface area contributed by atoms with Crippen LogP contribution in [-0.2, 0) is 28.6 Å². The molecule has 0 bridgehead atoms. The molecule has 2 saturated heterocycles. The van der Waals surface area contributed by atoms with Crippen molar-refractivity contribution in [3.8, 4) is 0 Å². The first kappa shape index (κ1) is 26.9. The molecular weight excluding hydrogens is 430 g/mol. The minimum absolute atomic E-state index is 0.0775. The van der Waals surface area contributed by atoms with Crippen LogP contribution in [0.15, 0.2) is 0 Å². The predicted molar refractivity (Wildman–Crippen MR) is 120 cm³/mol. The average Bonchev–Trinajstić information content (AvgIpc) is 2.75. The summed E-state index contributed by atoms with van der Waals surface area (Å²) in [5, 5.41) is 0. The average molecular weight is 470 g/mol. The van der Waals surface area contributed by atoms with Gasteiger partial charge in [-0.05, 0) is 40.0 Å². The van der Waals surface area contributed by atoms with Crippen molar-refractivity contribution in [3.05, 3.63) is 0 Å². The molecule has 2 fully saturated rings. The van der Waals surface area contributed by atoms with Gasteiger partial charge in [0.2, 0.25) is 5.91 Å². The fourth-order valence-electron chi connectivity index (χ4n) is 4.10. The lowest BCUT2D eigenvalue weighted by Crippen LogP contribution is -2.59. The molecule has 0 radical (unpaired) electrons. The Morgan fingerprint density at radius 2 is 1.70 bits per heavy atom. The summed E-state index contributed by atoms with van der Waals surface area (Å²) in [5.74, 6) is -2.19. The van der Waals surface area contributed by atoms with Gasteiger partial charge in [-0.25, -0.2) is 9.59 Å². The highest BCUT2D eigenvalue weighted by atomic mass is 16.6. The molecule has 2 heterocycles. The number of likely N-dealkylation sites (tertiary alicyclic amines) is 1. The van der Waals surface area contributed by atoms with E-state index in [1.54, 1.807) is 32.6 Å². The zero-order chi connectivity index (χ0) is 24.8. The van der Waals surface area contributed by atoms with Gasteiger partial charge < -0.3 is 28.9 Å². The number of amides is 3. The van der Waals surface area contributed by atoms with Crippen molar-refractivity contribution in [2.45, 2.75) is 59.6 Å². The van der Waals surface area contributed by atoms with E-state index in [1.165, 1.54) is 9.80 Å². The molecule has 0 aromatic heterocycles. The third-order valence-corrected chi connectivity index (χ3v) is 5.47. The molecule has 0 spiro atoms. The Bertz CT molecular complexity index is 713. The molecule has 10 heteroatoms. The number of rotatable bonds is 5. The van der Waals surface area contributed by atoms with Crippen LogP contribution in [0.5, 0.6) is 0 Å². The number of nitrogens with zero attached hydrogens (tertiary/aromatic N) is 3. The van der Waals surface area contributed by atoms with Crippen molar-refractivity contribution in [1.82, 2.24) is 14.7 Å². The lowest BCUT2D eigenvalue weighted by molar-refractivity contribution is -0.162. The van der Waals surface area contributed by atoms with Crippen LogP contribution in [0.2, 0.25) is 0 Å². The maximum absolute atomic E-state index is 13.3. The molecule has 0 aromatic rings. The van der Waals surface area contributed by atoms with Gasteiger partial charge in [-0.1, -0.05) is 13.8 Å². The third kappa shape index (κ3) is 7.87. The van der Waals surface area contributed by atoms with Crippen LogP contribution in [0.3, 0.4) is 0 Å². The summed E-state index contributed by atoms with van der Waals surface area (Å²) in [6.07, 6.45) is -0.187. The van der Waals surface area contributed by atoms with Gasteiger partial charge in [0.15, 0.2) is 0 Å². The SMILES string of the molecule is CCOC(=O)C(=O)N(CC(C)C)C1CC(C(=O)N2CCOCC2)CN(C(=O)OC(C)(C)C)C1. The molecule has 3 amide bonds. The maximum atomic E-state index is 13.3. The van der Waals surface area contributed by atoms with Crippen LogP contribution in [0, 0.1) is 11.8 Å². The zero-order valence-corrected chi connectivity index (χ0v) is 20.8. The molecule has 2 aliphatic rings. The van der Waals surface area contributed by atoms with Crippen LogP contribution < -0.4 is 0 Å². The number of esters is 1. The molecule has 2 atom stereocenters. The van der Waals surface area contributed by atoms with Crippen molar-refractivity contribution in [1.29, 1.82) is 0 Å². The second-order valence-electron chi connectivity index (χ2n) is 9.98. The standard InChI is InChI=1S/C23H39N3O7/c1-7-32-21(29)20(28)26(13-16(2)3)18-12-17(19(27)24-8-10-31-11-9-24)14-25(15-18)22(30)33-23(4,5)6/h16-18H,7-15H2,1-6H3. The van der Waals surface area contributed by atoms with Crippen LogP contribution in [0.25, 0.3) is 0 Å². The molecular formula is C23H39N3O7. The highest BCUT2D eigenvalue weighted by Gasteiger charge is 2.42. The van der Waals surface area contributed by atoms with E-state index in [2.05, 4.69) is 0 Å². The van der Waals surface area contributed by atoms with Crippen LogP contribution in [0.4, 0.5) is 4.79 Å². The van der Waals surface area contributed by atoms with E-state index in [9.17, 15) is 19.2 Å². The molecule has 0 aliphatic carbocycles. The molecule has 0 saturated carbocycles. The van der Waals surface area contributed by atoms with Crippen LogP contribution in [0.1, 0.15) is 48.0 Å². The minimum atomic E-state index is -0.927. The van der Waals surface area contributed by atoms with Gasteiger partial charge in [0.25, 0.3) is 0 Å². The summed E-state index contributed by atoms with van der Waals surface area (Å²) in [7, 11) is 0. The third-order valence-electron chi connectivity index (χ3n) is 5.47. The van der Waals surface area contributed by atoms with Gasteiger partial charge in [-0.3, -0.25) is 9.59 Å².